The molecule has 3 nitrogen and oxygen atoms in total. The zero-order chi connectivity index (χ0) is 14.4. The van der Waals surface area contributed by atoms with E-state index < -0.39 is 0 Å². The molecule has 0 spiro atoms. The van der Waals surface area contributed by atoms with Crippen molar-refractivity contribution in [2.45, 2.75) is 13.5 Å². The number of allylic oxidation sites excluding steroid dienone is 1. The minimum Gasteiger partial charge on any atom is -0.346 e. The first-order valence-electron chi connectivity index (χ1n) is 6.47. The highest BCUT2D eigenvalue weighted by molar-refractivity contribution is 7.99. The van der Waals surface area contributed by atoms with Crippen molar-refractivity contribution >= 4 is 28.7 Å². The number of nitrogens with zero attached hydrogens (tertiary/aromatic N) is 3. The van der Waals surface area contributed by atoms with Gasteiger partial charge in [-0.1, -0.05) is 25.1 Å². The average molecular weight is 281 g/mol. The number of aryl methyl sites for hydroxylation is 1. The highest BCUT2D eigenvalue weighted by atomic mass is 32.2. The average Bonchev–Trinajstić information content (AvgIpc) is 2.83. The molecule has 0 amide bonds. The summed E-state index contributed by atoms with van der Waals surface area (Å²) in [7, 11) is 0. The minimum atomic E-state index is 0.135. The Morgan fingerprint density at radius 3 is 2.75 bits per heavy atom. The molecule has 0 unspecified atom stereocenters. The van der Waals surface area contributed by atoms with Gasteiger partial charge in [0.25, 0.3) is 0 Å². The topological polar surface area (TPSA) is 52.5 Å². The molecule has 0 saturated heterocycles. The van der Waals surface area contributed by atoms with Crippen LogP contribution in [0.4, 0.5) is 0 Å². The minimum absolute atomic E-state index is 0.135. The number of hydrogen-bond acceptors (Lipinski definition) is 3. The zero-order valence-electron chi connectivity index (χ0n) is 11.3. The molecule has 1 heterocycles. The van der Waals surface area contributed by atoms with Gasteiger partial charge in [-0.2, -0.15) is 22.3 Å². The molecular weight excluding hydrogens is 266 g/mol. The fourth-order valence-electron chi connectivity index (χ4n) is 2.13. The first-order chi connectivity index (χ1) is 9.80. The summed E-state index contributed by atoms with van der Waals surface area (Å²) in [5, 5.41) is 18.9. The molecule has 0 bridgehead atoms. The highest BCUT2D eigenvalue weighted by Crippen LogP contribution is 2.23. The molecule has 2 rings (SSSR count). The predicted octanol–water partition coefficient (Wildman–Crippen LogP) is 3.82. The van der Waals surface area contributed by atoms with Gasteiger partial charge in [0.05, 0.1) is 0 Å². The zero-order valence-corrected chi connectivity index (χ0v) is 12.2. The summed E-state index contributed by atoms with van der Waals surface area (Å²) in [5.74, 6) is 2.17. The van der Waals surface area contributed by atoms with Crippen LogP contribution in [0.5, 0.6) is 0 Å². The van der Waals surface area contributed by atoms with Gasteiger partial charge in [-0.25, -0.2) is 0 Å². The van der Waals surface area contributed by atoms with Crippen molar-refractivity contribution < 1.29 is 0 Å². The van der Waals surface area contributed by atoms with Gasteiger partial charge in [-0.3, -0.25) is 0 Å². The third kappa shape index (κ3) is 3.04. The maximum atomic E-state index is 8.89. The van der Waals surface area contributed by atoms with Gasteiger partial charge < -0.3 is 4.57 Å². The Morgan fingerprint density at radius 2 is 2.05 bits per heavy atom. The predicted molar refractivity (Wildman–Crippen MR) is 84.1 cm³/mol. The highest BCUT2D eigenvalue weighted by Gasteiger charge is 2.07. The van der Waals surface area contributed by atoms with E-state index >= 15 is 0 Å². The molecule has 0 fully saturated rings. The molecule has 0 aliphatic rings. The van der Waals surface area contributed by atoms with Crippen LogP contribution in [0, 0.1) is 22.7 Å². The van der Waals surface area contributed by atoms with Crippen molar-refractivity contribution in [3.8, 4) is 12.1 Å². The molecule has 0 saturated carbocycles. The van der Waals surface area contributed by atoms with E-state index in [1.54, 1.807) is 6.08 Å². The van der Waals surface area contributed by atoms with Crippen LogP contribution < -0.4 is 0 Å². The number of thioether (sulfide) groups is 1. The maximum Gasteiger partial charge on any atom is 0.130 e. The van der Waals surface area contributed by atoms with Gasteiger partial charge in [0.15, 0.2) is 0 Å². The van der Waals surface area contributed by atoms with Crippen LogP contribution in [0.25, 0.3) is 17.0 Å². The summed E-state index contributed by atoms with van der Waals surface area (Å²) in [5.41, 5.74) is 2.21. The largest absolute Gasteiger partial charge is 0.346 e. The van der Waals surface area contributed by atoms with Crippen molar-refractivity contribution in [3.05, 3.63) is 41.6 Å². The molecular formula is C16H15N3S. The number of hydrogen-bond donors (Lipinski definition) is 0. The second-order valence-electron chi connectivity index (χ2n) is 4.27. The summed E-state index contributed by atoms with van der Waals surface area (Å²) < 4.78 is 2.19. The summed E-state index contributed by atoms with van der Waals surface area (Å²) >= 11 is 1.90. The van der Waals surface area contributed by atoms with Crippen LogP contribution in [0.3, 0.4) is 0 Å². The first-order valence-corrected chi connectivity index (χ1v) is 7.63. The van der Waals surface area contributed by atoms with E-state index in [9.17, 15) is 0 Å². The van der Waals surface area contributed by atoms with E-state index in [0.29, 0.717) is 0 Å². The molecule has 0 radical (unpaired) electrons. The standard InChI is InChI=1S/C16H15N3S/c1-2-20-8-7-19-12-14(9-13(10-17)11-18)15-5-3-4-6-16(15)19/h3-6,9,12H,2,7-8H2,1H3. The van der Waals surface area contributed by atoms with E-state index in [1.165, 1.54) is 0 Å². The van der Waals surface area contributed by atoms with Crippen LogP contribution in [0.1, 0.15) is 12.5 Å². The molecule has 0 atom stereocenters. The van der Waals surface area contributed by atoms with E-state index in [4.69, 9.17) is 10.5 Å². The van der Waals surface area contributed by atoms with Crippen molar-refractivity contribution in [2.24, 2.45) is 0 Å². The van der Waals surface area contributed by atoms with Crippen molar-refractivity contribution in [1.82, 2.24) is 4.57 Å². The third-order valence-corrected chi connectivity index (χ3v) is 3.92. The summed E-state index contributed by atoms with van der Waals surface area (Å²) in [6.45, 7) is 3.08. The van der Waals surface area contributed by atoms with Crippen LogP contribution >= 0.6 is 11.8 Å². The number of fused-ring (bicyclic) bond motifs is 1. The molecule has 20 heavy (non-hydrogen) atoms. The van der Waals surface area contributed by atoms with Crippen molar-refractivity contribution in [1.29, 1.82) is 10.5 Å². The van der Waals surface area contributed by atoms with E-state index in [1.807, 2.05) is 48.3 Å². The monoisotopic (exact) mass is 281 g/mol. The van der Waals surface area contributed by atoms with Crippen LogP contribution in [-0.2, 0) is 6.54 Å². The van der Waals surface area contributed by atoms with E-state index in [-0.39, 0.29) is 5.57 Å². The molecule has 2 aromatic rings. The summed E-state index contributed by atoms with van der Waals surface area (Å²) in [4.78, 5) is 0. The smallest absolute Gasteiger partial charge is 0.130 e. The Bertz CT molecular complexity index is 697. The molecule has 4 heteroatoms. The second kappa shape index (κ2) is 6.84. The lowest BCUT2D eigenvalue weighted by Crippen LogP contribution is -1.98. The van der Waals surface area contributed by atoms with Gasteiger partial charge in [0.2, 0.25) is 0 Å². The molecule has 1 aromatic heterocycles. The molecule has 0 aliphatic heterocycles. The maximum absolute atomic E-state index is 8.89. The fraction of sp³-hybridized carbons (Fsp3) is 0.250. The lowest BCUT2D eigenvalue weighted by Gasteiger charge is -2.03. The number of benzene rings is 1. The van der Waals surface area contributed by atoms with Crippen molar-refractivity contribution in [3.63, 3.8) is 0 Å². The van der Waals surface area contributed by atoms with Gasteiger partial charge in [-0.05, 0) is 17.9 Å². The van der Waals surface area contributed by atoms with Crippen molar-refractivity contribution in [2.75, 3.05) is 11.5 Å². The Kier molecular flexibility index (Phi) is 4.87. The molecule has 0 aliphatic carbocycles. The Morgan fingerprint density at radius 1 is 1.30 bits per heavy atom. The molecule has 100 valence electrons. The lowest BCUT2D eigenvalue weighted by molar-refractivity contribution is 0.807. The number of aromatic nitrogens is 1. The number of rotatable bonds is 5. The third-order valence-electron chi connectivity index (χ3n) is 3.04. The van der Waals surface area contributed by atoms with Gasteiger partial charge in [0, 0.05) is 35.0 Å². The quantitative estimate of drug-likeness (QED) is 0.618. The first kappa shape index (κ1) is 14.2. The fourth-order valence-corrected chi connectivity index (χ4v) is 2.74. The summed E-state index contributed by atoms with van der Waals surface area (Å²) in [6, 6.07) is 11.9. The lowest BCUT2D eigenvalue weighted by atomic mass is 10.1. The molecule has 1 aromatic carbocycles. The normalized spacial score (nSPS) is 9.95. The van der Waals surface area contributed by atoms with E-state index in [2.05, 4.69) is 17.6 Å². The Labute approximate surface area is 123 Å². The summed E-state index contributed by atoms with van der Waals surface area (Å²) in [6.07, 6.45) is 3.68. The Balaban J connectivity index is 2.44. The van der Waals surface area contributed by atoms with Gasteiger partial charge in [-0.15, -0.1) is 0 Å². The van der Waals surface area contributed by atoms with Crippen LogP contribution in [-0.4, -0.2) is 16.1 Å². The van der Waals surface area contributed by atoms with Crippen LogP contribution in [0.2, 0.25) is 0 Å². The van der Waals surface area contributed by atoms with Gasteiger partial charge >= 0.3 is 0 Å². The second-order valence-corrected chi connectivity index (χ2v) is 5.67. The Hall–Kier alpha value is -2.17. The van der Waals surface area contributed by atoms with Gasteiger partial charge in [0.1, 0.15) is 17.7 Å². The SMILES string of the molecule is CCSCCn1cc(C=C(C#N)C#N)c2ccccc21. The number of para-hydroxylation sites is 1. The van der Waals surface area contributed by atoms with Crippen LogP contribution in [0.15, 0.2) is 36.0 Å². The number of nitriles is 2. The van der Waals surface area contributed by atoms with E-state index in [0.717, 1.165) is 34.5 Å². The molecule has 0 N–H and O–H groups in total.